The van der Waals surface area contributed by atoms with E-state index in [0.717, 1.165) is 33.7 Å². The monoisotopic (exact) mass is 335 g/mol. The van der Waals surface area contributed by atoms with Crippen molar-refractivity contribution < 1.29 is 9.53 Å². The molecule has 0 aliphatic carbocycles. The lowest BCUT2D eigenvalue weighted by molar-refractivity contribution is -0.115. The Bertz CT molecular complexity index is 879. The van der Waals surface area contributed by atoms with Crippen LogP contribution >= 0.6 is 0 Å². The van der Waals surface area contributed by atoms with Crippen LogP contribution in [-0.2, 0) is 4.79 Å². The predicted octanol–water partition coefficient (Wildman–Crippen LogP) is 3.99. The highest BCUT2D eigenvalue weighted by molar-refractivity contribution is 5.95. The molecule has 0 spiro atoms. The van der Waals surface area contributed by atoms with Gasteiger partial charge in [-0.15, -0.1) is 0 Å². The van der Waals surface area contributed by atoms with Crippen molar-refractivity contribution in [3.8, 4) is 5.75 Å². The Morgan fingerprint density at radius 3 is 2.68 bits per heavy atom. The fourth-order valence-corrected chi connectivity index (χ4v) is 2.72. The molecule has 3 aromatic rings. The standard InChI is InChI=1S/C20H21N3O2/c1-14-13-17(16-9-6-10-18(25-2)20(16)22-14)21-12-11-19(24)23-15-7-4-3-5-8-15/h3-10,13H,11-12H2,1-2H3,(H,21,22)(H,23,24). The zero-order chi connectivity index (χ0) is 17.6. The van der Waals surface area contributed by atoms with E-state index in [4.69, 9.17) is 4.74 Å². The molecule has 0 bridgehead atoms. The summed E-state index contributed by atoms with van der Waals surface area (Å²) in [5, 5.41) is 7.20. The third-order valence-corrected chi connectivity index (χ3v) is 3.88. The third kappa shape index (κ3) is 4.07. The molecule has 1 amide bonds. The van der Waals surface area contributed by atoms with Crippen LogP contribution in [-0.4, -0.2) is 24.5 Å². The third-order valence-electron chi connectivity index (χ3n) is 3.88. The van der Waals surface area contributed by atoms with Gasteiger partial charge in [0.05, 0.1) is 7.11 Å². The van der Waals surface area contributed by atoms with E-state index in [-0.39, 0.29) is 5.91 Å². The number of carbonyl (C=O) groups is 1. The van der Waals surface area contributed by atoms with E-state index in [2.05, 4.69) is 15.6 Å². The van der Waals surface area contributed by atoms with Crippen LogP contribution in [0.4, 0.5) is 11.4 Å². The number of nitrogens with one attached hydrogen (secondary N) is 2. The average Bonchev–Trinajstić information content (AvgIpc) is 2.62. The molecule has 128 valence electrons. The molecule has 0 aliphatic rings. The smallest absolute Gasteiger partial charge is 0.226 e. The Labute approximate surface area is 147 Å². The van der Waals surface area contributed by atoms with Crippen molar-refractivity contribution in [1.29, 1.82) is 0 Å². The van der Waals surface area contributed by atoms with Gasteiger partial charge in [0.15, 0.2) is 0 Å². The van der Waals surface area contributed by atoms with E-state index < -0.39 is 0 Å². The van der Waals surface area contributed by atoms with E-state index in [1.807, 2.05) is 61.5 Å². The fraction of sp³-hybridized carbons (Fsp3) is 0.200. The van der Waals surface area contributed by atoms with Crippen molar-refractivity contribution in [3.63, 3.8) is 0 Å². The van der Waals surface area contributed by atoms with E-state index >= 15 is 0 Å². The highest BCUT2D eigenvalue weighted by Crippen LogP contribution is 2.29. The molecule has 1 heterocycles. The number of aromatic nitrogens is 1. The van der Waals surface area contributed by atoms with Crippen LogP contribution in [0.25, 0.3) is 10.9 Å². The van der Waals surface area contributed by atoms with E-state index in [1.54, 1.807) is 7.11 Å². The van der Waals surface area contributed by atoms with Gasteiger partial charge in [0.2, 0.25) is 5.91 Å². The molecule has 3 rings (SSSR count). The van der Waals surface area contributed by atoms with Crippen molar-refractivity contribution in [2.45, 2.75) is 13.3 Å². The molecular weight excluding hydrogens is 314 g/mol. The lowest BCUT2D eigenvalue weighted by atomic mass is 10.1. The van der Waals surface area contributed by atoms with Crippen molar-refractivity contribution in [2.75, 3.05) is 24.3 Å². The number of pyridine rings is 1. The Morgan fingerprint density at radius 1 is 1.12 bits per heavy atom. The quantitative estimate of drug-likeness (QED) is 0.715. The van der Waals surface area contributed by atoms with E-state index in [1.165, 1.54) is 0 Å². The number of amides is 1. The van der Waals surface area contributed by atoms with Gasteiger partial charge in [-0.3, -0.25) is 4.79 Å². The number of benzene rings is 2. The summed E-state index contributed by atoms with van der Waals surface area (Å²) < 4.78 is 5.39. The molecule has 25 heavy (non-hydrogen) atoms. The summed E-state index contributed by atoms with van der Waals surface area (Å²) in [6.45, 7) is 2.48. The lowest BCUT2D eigenvalue weighted by Crippen LogP contribution is -2.16. The molecule has 5 nitrogen and oxygen atoms in total. The van der Waals surface area contributed by atoms with Crippen molar-refractivity contribution >= 4 is 28.2 Å². The molecule has 1 aromatic heterocycles. The Balaban J connectivity index is 1.68. The van der Waals surface area contributed by atoms with Crippen LogP contribution in [0.1, 0.15) is 12.1 Å². The van der Waals surface area contributed by atoms with Gasteiger partial charge in [-0.25, -0.2) is 4.98 Å². The molecule has 0 fully saturated rings. The second-order valence-corrected chi connectivity index (χ2v) is 5.76. The minimum Gasteiger partial charge on any atom is -0.494 e. The normalized spacial score (nSPS) is 10.5. The van der Waals surface area contributed by atoms with Gasteiger partial charge < -0.3 is 15.4 Å². The van der Waals surface area contributed by atoms with Gasteiger partial charge >= 0.3 is 0 Å². The topological polar surface area (TPSA) is 63.2 Å². The average molecular weight is 335 g/mol. The first-order chi connectivity index (χ1) is 12.2. The summed E-state index contributed by atoms with van der Waals surface area (Å²) in [5.41, 5.74) is 3.48. The minimum atomic E-state index is -0.0219. The highest BCUT2D eigenvalue weighted by Gasteiger charge is 2.09. The summed E-state index contributed by atoms with van der Waals surface area (Å²) in [5.74, 6) is 0.720. The Morgan fingerprint density at radius 2 is 1.92 bits per heavy atom. The van der Waals surface area contributed by atoms with Crippen LogP contribution in [0.3, 0.4) is 0 Å². The molecule has 0 radical (unpaired) electrons. The molecule has 0 saturated carbocycles. The molecule has 0 saturated heterocycles. The summed E-state index contributed by atoms with van der Waals surface area (Å²) in [4.78, 5) is 16.6. The number of anilines is 2. The molecule has 0 aliphatic heterocycles. The number of fused-ring (bicyclic) bond motifs is 1. The van der Waals surface area contributed by atoms with Crippen LogP contribution < -0.4 is 15.4 Å². The first-order valence-electron chi connectivity index (χ1n) is 8.20. The predicted molar refractivity (Wildman–Crippen MR) is 101 cm³/mol. The molecular formula is C20H21N3O2. The van der Waals surface area contributed by atoms with Crippen LogP contribution in [0.15, 0.2) is 54.6 Å². The summed E-state index contributed by atoms with van der Waals surface area (Å²) >= 11 is 0. The summed E-state index contributed by atoms with van der Waals surface area (Å²) in [6.07, 6.45) is 0.377. The maximum atomic E-state index is 12.1. The van der Waals surface area contributed by atoms with Gasteiger partial charge in [-0.05, 0) is 31.2 Å². The largest absolute Gasteiger partial charge is 0.494 e. The summed E-state index contributed by atoms with van der Waals surface area (Å²) in [6, 6.07) is 17.3. The first kappa shape index (κ1) is 16.8. The van der Waals surface area contributed by atoms with Gasteiger partial charge in [-0.1, -0.05) is 30.3 Å². The number of para-hydroxylation sites is 2. The van der Waals surface area contributed by atoms with Gasteiger partial charge in [0.1, 0.15) is 11.3 Å². The van der Waals surface area contributed by atoms with Gasteiger partial charge in [0, 0.05) is 35.4 Å². The van der Waals surface area contributed by atoms with Crippen molar-refractivity contribution in [2.24, 2.45) is 0 Å². The van der Waals surface area contributed by atoms with Gasteiger partial charge in [-0.2, -0.15) is 0 Å². The number of methoxy groups -OCH3 is 1. The zero-order valence-electron chi connectivity index (χ0n) is 14.4. The maximum absolute atomic E-state index is 12.1. The summed E-state index contributed by atoms with van der Waals surface area (Å²) in [7, 11) is 1.64. The molecule has 5 heteroatoms. The number of aryl methyl sites for hydroxylation is 1. The van der Waals surface area contributed by atoms with Gasteiger partial charge in [0.25, 0.3) is 0 Å². The lowest BCUT2D eigenvalue weighted by Gasteiger charge is -2.12. The van der Waals surface area contributed by atoms with Crippen molar-refractivity contribution in [1.82, 2.24) is 4.98 Å². The maximum Gasteiger partial charge on any atom is 0.226 e. The Hall–Kier alpha value is -3.08. The molecule has 0 unspecified atom stereocenters. The fourth-order valence-electron chi connectivity index (χ4n) is 2.72. The number of rotatable bonds is 6. The number of hydrogen-bond acceptors (Lipinski definition) is 4. The van der Waals surface area contributed by atoms with Crippen LogP contribution in [0.5, 0.6) is 5.75 Å². The minimum absolute atomic E-state index is 0.0219. The molecule has 0 atom stereocenters. The Kier molecular flexibility index (Phi) is 5.14. The SMILES string of the molecule is COc1cccc2c(NCCC(=O)Nc3ccccc3)cc(C)nc12. The number of ether oxygens (including phenoxy) is 1. The highest BCUT2D eigenvalue weighted by atomic mass is 16.5. The number of carbonyl (C=O) groups excluding carboxylic acids is 1. The van der Waals surface area contributed by atoms with Crippen LogP contribution in [0, 0.1) is 6.92 Å². The van der Waals surface area contributed by atoms with Crippen LogP contribution in [0.2, 0.25) is 0 Å². The first-order valence-corrected chi connectivity index (χ1v) is 8.20. The number of hydrogen-bond donors (Lipinski definition) is 2. The number of nitrogens with zero attached hydrogens (tertiary/aromatic N) is 1. The van der Waals surface area contributed by atoms with E-state index in [9.17, 15) is 4.79 Å². The van der Waals surface area contributed by atoms with Crippen molar-refractivity contribution in [3.05, 3.63) is 60.3 Å². The molecule has 2 N–H and O–H groups in total. The second kappa shape index (κ2) is 7.66. The second-order valence-electron chi connectivity index (χ2n) is 5.76. The zero-order valence-corrected chi connectivity index (χ0v) is 14.4. The van der Waals surface area contributed by atoms with E-state index in [0.29, 0.717) is 13.0 Å². The molecule has 2 aromatic carbocycles.